The maximum absolute atomic E-state index is 6.84. The van der Waals surface area contributed by atoms with E-state index in [2.05, 4.69) is 6.92 Å². The minimum atomic E-state index is 0.251. The molecule has 0 saturated heterocycles. The monoisotopic (exact) mass is 263 g/mol. The van der Waals surface area contributed by atoms with E-state index in [-0.39, 0.29) is 5.54 Å². The van der Waals surface area contributed by atoms with Crippen LogP contribution in [0, 0.1) is 23.7 Å². The highest BCUT2D eigenvalue weighted by Crippen LogP contribution is 2.62. The second-order valence-corrected chi connectivity index (χ2v) is 7.82. The van der Waals surface area contributed by atoms with Crippen molar-refractivity contribution >= 4 is 0 Å². The molecule has 0 radical (unpaired) electrons. The molecule has 0 amide bonds. The summed E-state index contributed by atoms with van der Waals surface area (Å²) < 4.78 is 0. The van der Waals surface area contributed by atoms with Crippen LogP contribution in [0.3, 0.4) is 0 Å². The second-order valence-electron chi connectivity index (χ2n) is 7.82. The molecule has 0 aromatic rings. The van der Waals surface area contributed by atoms with Crippen LogP contribution < -0.4 is 5.73 Å². The topological polar surface area (TPSA) is 26.0 Å². The molecule has 5 unspecified atom stereocenters. The van der Waals surface area contributed by atoms with Gasteiger partial charge in [-0.2, -0.15) is 0 Å². The molecule has 2 N–H and O–H groups in total. The molecule has 1 nitrogen and oxygen atoms in total. The Morgan fingerprint density at radius 3 is 2.58 bits per heavy atom. The number of fused-ring (bicyclic) bond motifs is 5. The summed E-state index contributed by atoms with van der Waals surface area (Å²) >= 11 is 0. The molecule has 0 aromatic carbocycles. The van der Waals surface area contributed by atoms with Gasteiger partial charge in [0.05, 0.1) is 0 Å². The van der Waals surface area contributed by atoms with Crippen LogP contribution in [0.1, 0.15) is 84.0 Å². The average molecular weight is 263 g/mol. The third-order valence-electron chi connectivity index (χ3n) is 6.68. The lowest BCUT2D eigenvalue weighted by Gasteiger charge is -2.40. The van der Waals surface area contributed by atoms with Crippen molar-refractivity contribution in [1.29, 1.82) is 0 Å². The summed E-state index contributed by atoms with van der Waals surface area (Å²) in [6, 6.07) is 0. The number of hydrogen-bond donors (Lipinski definition) is 1. The van der Waals surface area contributed by atoms with E-state index in [1.165, 1.54) is 77.0 Å². The molecule has 3 aliphatic carbocycles. The molecule has 5 atom stereocenters. The molecule has 0 aliphatic heterocycles. The van der Waals surface area contributed by atoms with Gasteiger partial charge < -0.3 is 5.73 Å². The fraction of sp³-hybridized carbons (Fsp3) is 1.00. The fourth-order valence-electron chi connectivity index (χ4n) is 5.84. The van der Waals surface area contributed by atoms with Gasteiger partial charge in [-0.1, -0.05) is 51.9 Å². The van der Waals surface area contributed by atoms with Crippen molar-refractivity contribution in [3.05, 3.63) is 0 Å². The normalized spacial score (nSPS) is 43.9. The maximum Gasteiger partial charge on any atom is 0.0188 e. The smallest absolute Gasteiger partial charge is 0.0188 e. The van der Waals surface area contributed by atoms with Crippen molar-refractivity contribution in [2.75, 3.05) is 0 Å². The summed E-state index contributed by atoms with van der Waals surface area (Å²) in [5.74, 6) is 4.04. The lowest BCUT2D eigenvalue weighted by atomic mass is 9.69. The SMILES string of the molecule is CCCCCCCCC1(N)CC2CC1C1CCCC21. The minimum absolute atomic E-state index is 0.251. The number of rotatable bonds is 7. The molecule has 3 rings (SSSR count). The molecular formula is C18H33N. The first-order valence-corrected chi connectivity index (χ1v) is 9.03. The van der Waals surface area contributed by atoms with Gasteiger partial charge in [0.25, 0.3) is 0 Å². The van der Waals surface area contributed by atoms with Crippen LogP contribution in [0.25, 0.3) is 0 Å². The zero-order valence-corrected chi connectivity index (χ0v) is 12.9. The molecule has 2 bridgehead atoms. The summed E-state index contributed by atoms with van der Waals surface area (Å²) in [6.07, 6.45) is 17.2. The van der Waals surface area contributed by atoms with Crippen LogP contribution in [0.5, 0.6) is 0 Å². The van der Waals surface area contributed by atoms with Gasteiger partial charge in [-0.15, -0.1) is 0 Å². The first-order valence-electron chi connectivity index (χ1n) is 9.03. The Hall–Kier alpha value is -0.0400. The Morgan fingerprint density at radius 2 is 1.74 bits per heavy atom. The van der Waals surface area contributed by atoms with E-state index in [0.29, 0.717) is 0 Å². The van der Waals surface area contributed by atoms with Gasteiger partial charge in [0.2, 0.25) is 0 Å². The summed E-state index contributed by atoms with van der Waals surface area (Å²) in [4.78, 5) is 0. The van der Waals surface area contributed by atoms with Crippen LogP contribution in [-0.2, 0) is 0 Å². The molecule has 110 valence electrons. The van der Waals surface area contributed by atoms with Crippen molar-refractivity contribution in [3.63, 3.8) is 0 Å². The predicted molar refractivity (Wildman–Crippen MR) is 82.0 cm³/mol. The molecule has 19 heavy (non-hydrogen) atoms. The van der Waals surface area contributed by atoms with Gasteiger partial charge >= 0.3 is 0 Å². The second kappa shape index (κ2) is 5.76. The minimum Gasteiger partial charge on any atom is -0.325 e. The van der Waals surface area contributed by atoms with E-state index >= 15 is 0 Å². The first-order chi connectivity index (χ1) is 9.24. The lowest BCUT2D eigenvalue weighted by Crippen LogP contribution is -2.49. The summed E-state index contributed by atoms with van der Waals surface area (Å²) in [6.45, 7) is 2.29. The standard InChI is InChI=1S/C18H33N/c1-2-3-4-5-6-7-11-18(19)13-14-12-17(18)16-10-8-9-15(14)16/h14-17H,2-13,19H2,1H3. The van der Waals surface area contributed by atoms with Gasteiger partial charge in [0.1, 0.15) is 0 Å². The Kier molecular flexibility index (Phi) is 4.22. The Labute approximate surface area is 119 Å². The quantitative estimate of drug-likeness (QED) is 0.650. The number of unbranched alkanes of at least 4 members (excludes halogenated alkanes) is 5. The number of nitrogens with two attached hydrogens (primary N) is 1. The van der Waals surface area contributed by atoms with E-state index in [1.54, 1.807) is 0 Å². The third-order valence-corrected chi connectivity index (χ3v) is 6.68. The van der Waals surface area contributed by atoms with Crippen molar-refractivity contribution in [3.8, 4) is 0 Å². The van der Waals surface area contributed by atoms with E-state index < -0.39 is 0 Å². The van der Waals surface area contributed by atoms with Crippen LogP contribution in [0.2, 0.25) is 0 Å². The maximum atomic E-state index is 6.84. The predicted octanol–water partition coefficient (Wildman–Crippen LogP) is 4.89. The summed E-state index contributed by atoms with van der Waals surface area (Å²) in [5, 5.41) is 0. The Bertz CT molecular complexity index is 300. The van der Waals surface area contributed by atoms with E-state index in [9.17, 15) is 0 Å². The average Bonchev–Trinajstić information content (AvgIpc) is 3.04. The van der Waals surface area contributed by atoms with Crippen molar-refractivity contribution < 1.29 is 0 Å². The van der Waals surface area contributed by atoms with Crippen LogP contribution >= 0.6 is 0 Å². The highest BCUT2D eigenvalue weighted by atomic mass is 14.8. The van der Waals surface area contributed by atoms with Crippen LogP contribution in [-0.4, -0.2) is 5.54 Å². The number of hydrogen-bond acceptors (Lipinski definition) is 1. The summed E-state index contributed by atoms with van der Waals surface area (Å²) in [5.41, 5.74) is 7.09. The Balaban J connectivity index is 1.44. The molecule has 3 fully saturated rings. The van der Waals surface area contributed by atoms with Crippen molar-refractivity contribution in [1.82, 2.24) is 0 Å². The fourth-order valence-corrected chi connectivity index (χ4v) is 5.84. The summed E-state index contributed by atoms with van der Waals surface area (Å²) in [7, 11) is 0. The molecule has 0 heterocycles. The van der Waals surface area contributed by atoms with Crippen LogP contribution in [0.15, 0.2) is 0 Å². The zero-order valence-electron chi connectivity index (χ0n) is 12.9. The van der Waals surface area contributed by atoms with Gasteiger partial charge in [-0.05, 0) is 55.8 Å². The first kappa shape index (κ1) is 13.9. The molecular weight excluding hydrogens is 230 g/mol. The largest absolute Gasteiger partial charge is 0.325 e. The Morgan fingerprint density at radius 1 is 1.00 bits per heavy atom. The van der Waals surface area contributed by atoms with E-state index in [1.807, 2.05) is 0 Å². The molecule has 3 aliphatic rings. The molecule has 0 aromatic heterocycles. The third kappa shape index (κ3) is 2.60. The van der Waals surface area contributed by atoms with Gasteiger partial charge in [-0.3, -0.25) is 0 Å². The molecule has 0 spiro atoms. The molecule has 1 heteroatoms. The van der Waals surface area contributed by atoms with Gasteiger partial charge in [-0.25, -0.2) is 0 Å². The van der Waals surface area contributed by atoms with Gasteiger partial charge in [0, 0.05) is 5.54 Å². The molecule has 3 saturated carbocycles. The van der Waals surface area contributed by atoms with Crippen LogP contribution in [0.4, 0.5) is 0 Å². The highest BCUT2D eigenvalue weighted by Gasteiger charge is 2.58. The van der Waals surface area contributed by atoms with E-state index in [0.717, 1.165) is 23.7 Å². The lowest BCUT2D eigenvalue weighted by molar-refractivity contribution is 0.145. The van der Waals surface area contributed by atoms with Crippen molar-refractivity contribution in [2.24, 2.45) is 29.4 Å². The van der Waals surface area contributed by atoms with Crippen molar-refractivity contribution in [2.45, 2.75) is 89.5 Å². The highest BCUT2D eigenvalue weighted by molar-refractivity contribution is 5.12. The van der Waals surface area contributed by atoms with E-state index in [4.69, 9.17) is 5.73 Å². The zero-order chi connectivity index (χ0) is 13.3. The van der Waals surface area contributed by atoms with Gasteiger partial charge in [0.15, 0.2) is 0 Å².